The van der Waals surface area contributed by atoms with Crippen LogP contribution in [-0.4, -0.2) is 37.9 Å². The molecule has 5 nitrogen and oxygen atoms in total. The molecule has 0 spiro atoms. The Hall–Kier alpha value is -1.20. The molecule has 0 aromatic carbocycles. The van der Waals surface area contributed by atoms with Crippen LogP contribution in [-0.2, 0) is 14.3 Å². The average molecular weight is 256 g/mol. The molecule has 1 atom stereocenters. The summed E-state index contributed by atoms with van der Waals surface area (Å²) < 4.78 is 4.67. The highest BCUT2D eigenvalue weighted by Gasteiger charge is 2.12. The average Bonchev–Trinajstić information content (AvgIpc) is 2.32. The third-order valence-electron chi connectivity index (χ3n) is 2.41. The standard InChI is InChI=1S/C13H24N2O3/c1-4-18-13(17)11(2)10-15-9-8-14-7-5-6-12(3)16/h4,11,14-15H,1,5-10H2,2-3H3. The Bertz CT molecular complexity index is 267. The summed E-state index contributed by atoms with van der Waals surface area (Å²) in [5.41, 5.74) is 0. The first-order valence-electron chi connectivity index (χ1n) is 6.30. The number of carbonyl (C=O) groups is 2. The molecule has 5 heteroatoms. The number of hydrogen-bond acceptors (Lipinski definition) is 5. The van der Waals surface area contributed by atoms with Gasteiger partial charge in [0, 0.05) is 26.1 Å². The van der Waals surface area contributed by atoms with Crippen LogP contribution in [0.5, 0.6) is 0 Å². The van der Waals surface area contributed by atoms with Gasteiger partial charge >= 0.3 is 5.97 Å². The Kier molecular flexibility index (Phi) is 10.2. The van der Waals surface area contributed by atoms with Gasteiger partial charge in [0.15, 0.2) is 0 Å². The lowest BCUT2D eigenvalue weighted by Crippen LogP contribution is -2.33. The Balaban J connectivity index is 3.32. The molecule has 0 radical (unpaired) electrons. The van der Waals surface area contributed by atoms with Gasteiger partial charge in [0.25, 0.3) is 0 Å². The van der Waals surface area contributed by atoms with Gasteiger partial charge in [0.2, 0.25) is 0 Å². The van der Waals surface area contributed by atoms with E-state index >= 15 is 0 Å². The van der Waals surface area contributed by atoms with Crippen molar-refractivity contribution in [3.05, 3.63) is 12.8 Å². The Morgan fingerprint density at radius 3 is 2.56 bits per heavy atom. The molecule has 1 unspecified atom stereocenters. The lowest BCUT2D eigenvalue weighted by atomic mass is 10.2. The normalized spacial score (nSPS) is 11.9. The number of hydrogen-bond donors (Lipinski definition) is 2. The highest BCUT2D eigenvalue weighted by molar-refractivity contribution is 5.75. The second-order valence-corrected chi connectivity index (χ2v) is 4.26. The van der Waals surface area contributed by atoms with Gasteiger partial charge in [-0.05, 0) is 19.9 Å². The second kappa shape index (κ2) is 10.9. The summed E-state index contributed by atoms with van der Waals surface area (Å²) in [4.78, 5) is 21.9. The lowest BCUT2D eigenvalue weighted by molar-refractivity contribution is -0.141. The van der Waals surface area contributed by atoms with Crippen LogP contribution in [0.2, 0.25) is 0 Å². The fourth-order valence-electron chi connectivity index (χ4n) is 1.36. The van der Waals surface area contributed by atoms with E-state index in [0.29, 0.717) is 13.0 Å². The minimum absolute atomic E-state index is 0.180. The quantitative estimate of drug-likeness (QED) is 0.326. The Morgan fingerprint density at radius 2 is 1.94 bits per heavy atom. The van der Waals surface area contributed by atoms with E-state index in [9.17, 15) is 9.59 Å². The summed E-state index contributed by atoms with van der Waals surface area (Å²) in [6.07, 6.45) is 2.65. The van der Waals surface area contributed by atoms with Gasteiger partial charge in [-0.3, -0.25) is 4.79 Å². The molecule has 0 aliphatic carbocycles. The van der Waals surface area contributed by atoms with E-state index in [1.165, 1.54) is 0 Å². The maximum absolute atomic E-state index is 11.2. The van der Waals surface area contributed by atoms with Crippen molar-refractivity contribution in [1.29, 1.82) is 0 Å². The first-order valence-corrected chi connectivity index (χ1v) is 6.30. The fraction of sp³-hybridized carbons (Fsp3) is 0.692. The SMILES string of the molecule is C=COC(=O)C(C)CNCCNCCCC(C)=O. The van der Waals surface area contributed by atoms with Crippen LogP contribution in [0.3, 0.4) is 0 Å². The minimum Gasteiger partial charge on any atom is -0.435 e. The zero-order valence-electron chi connectivity index (χ0n) is 11.3. The van der Waals surface area contributed by atoms with E-state index in [2.05, 4.69) is 21.9 Å². The number of rotatable bonds is 11. The van der Waals surface area contributed by atoms with E-state index in [4.69, 9.17) is 0 Å². The van der Waals surface area contributed by atoms with Crippen LogP contribution in [0.15, 0.2) is 12.8 Å². The zero-order valence-corrected chi connectivity index (χ0v) is 11.3. The largest absolute Gasteiger partial charge is 0.435 e. The molecular formula is C13H24N2O3. The predicted octanol–water partition coefficient (Wildman–Crippen LogP) is 0.858. The van der Waals surface area contributed by atoms with Gasteiger partial charge in [0.1, 0.15) is 5.78 Å². The zero-order chi connectivity index (χ0) is 13.8. The van der Waals surface area contributed by atoms with Gasteiger partial charge in [0.05, 0.1) is 12.2 Å². The number of esters is 1. The molecule has 0 aromatic rings. The number of ketones is 1. The van der Waals surface area contributed by atoms with Crippen molar-refractivity contribution >= 4 is 11.8 Å². The number of Topliss-reactive ketones (excluding diaryl/α,β-unsaturated/α-hetero) is 1. The molecule has 0 saturated carbocycles. The molecule has 104 valence electrons. The van der Waals surface area contributed by atoms with Crippen molar-refractivity contribution in [2.24, 2.45) is 5.92 Å². The third-order valence-corrected chi connectivity index (χ3v) is 2.41. The first kappa shape index (κ1) is 16.8. The van der Waals surface area contributed by atoms with Crippen molar-refractivity contribution < 1.29 is 14.3 Å². The lowest BCUT2D eigenvalue weighted by Gasteiger charge is -2.10. The molecule has 2 N–H and O–H groups in total. The van der Waals surface area contributed by atoms with E-state index in [1.54, 1.807) is 13.8 Å². The highest BCUT2D eigenvalue weighted by Crippen LogP contribution is 1.96. The van der Waals surface area contributed by atoms with Gasteiger partial charge in [-0.1, -0.05) is 13.5 Å². The summed E-state index contributed by atoms with van der Waals surface area (Å²) in [7, 11) is 0. The monoisotopic (exact) mass is 256 g/mol. The van der Waals surface area contributed by atoms with Gasteiger partial charge in [-0.2, -0.15) is 0 Å². The molecule has 0 saturated heterocycles. The topological polar surface area (TPSA) is 67.4 Å². The summed E-state index contributed by atoms with van der Waals surface area (Å²) >= 11 is 0. The maximum atomic E-state index is 11.2. The van der Waals surface area contributed by atoms with Gasteiger partial charge in [-0.15, -0.1) is 0 Å². The van der Waals surface area contributed by atoms with Crippen molar-refractivity contribution in [2.75, 3.05) is 26.2 Å². The van der Waals surface area contributed by atoms with Crippen LogP contribution in [0, 0.1) is 5.92 Å². The van der Waals surface area contributed by atoms with Crippen LogP contribution in [0.4, 0.5) is 0 Å². The number of carbonyl (C=O) groups excluding carboxylic acids is 2. The third kappa shape index (κ3) is 9.99. The first-order chi connectivity index (χ1) is 8.57. The van der Waals surface area contributed by atoms with Gasteiger partial charge < -0.3 is 20.2 Å². The molecule has 0 aliphatic rings. The smallest absolute Gasteiger partial charge is 0.314 e. The molecule has 0 fully saturated rings. The Labute approximate surface area is 109 Å². The van der Waals surface area contributed by atoms with E-state index < -0.39 is 0 Å². The molecule has 0 amide bonds. The molecule has 0 bridgehead atoms. The maximum Gasteiger partial charge on any atom is 0.314 e. The van der Waals surface area contributed by atoms with Crippen LogP contribution in [0.25, 0.3) is 0 Å². The van der Waals surface area contributed by atoms with Crippen molar-refractivity contribution in [2.45, 2.75) is 26.7 Å². The molecule has 0 rings (SSSR count). The minimum atomic E-state index is -0.271. The molecule has 0 aliphatic heterocycles. The molecule has 0 heterocycles. The summed E-state index contributed by atoms with van der Waals surface area (Å²) in [6, 6.07) is 0. The molecule has 18 heavy (non-hydrogen) atoms. The van der Waals surface area contributed by atoms with E-state index in [1.807, 2.05) is 0 Å². The van der Waals surface area contributed by atoms with Crippen LogP contribution >= 0.6 is 0 Å². The van der Waals surface area contributed by atoms with Gasteiger partial charge in [-0.25, -0.2) is 0 Å². The number of nitrogens with one attached hydrogen (secondary N) is 2. The van der Waals surface area contributed by atoms with Crippen LogP contribution < -0.4 is 10.6 Å². The Morgan fingerprint density at radius 1 is 1.28 bits per heavy atom. The van der Waals surface area contributed by atoms with E-state index in [0.717, 1.165) is 32.3 Å². The van der Waals surface area contributed by atoms with Crippen LogP contribution in [0.1, 0.15) is 26.7 Å². The fourth-order valence-corrected chi connectivity index (χ4v) is 1.36. The molecular weight excluding hydrogens is 232 g/mol. The summed E-state index contributed by atoms with van der Waals surface area (Å²) in [5.74, 6) is -0.225. The van der Waals surface area contributed by atoms with Crippen molar-refractivity contribution in [1.82, 2.24) is 10.6 Å². The van der Waals surface area contributed by atoms with Crippen molar-refractivity contribution in [3.63, 3.8) is 0 Å². The summed E-state index contributed by atoms with van der Waals surface area (Å²) in [5, 5.41) is 6.38. The van der Waals surface area contributed by atoms with E-state index in [-0.39, 0.29) is 17.7 Å². The van der Waals surface area contributed by atoms with Crippen molar-refractivity contribution in [3.8, 4) is 0 Å². The second-order valence-electron chi connectivity index (χ2n) is 4.26. The summed E-state index contributed by atoms with van der Waals surface area (Å²) in [6.45, 7) is 9.78. The highest BCUT2D eigenvalue weighted by atomic mass is 16.5. The predicted molar refractivity (Wildman–Crippen MR) is 71.1 cm³/mol. The molecule has 0 aromatic heterocycles. The number of ether oxygens (including phenoxy) is 1.